The quantitative estimate of drug-likeness (QED) is 0.662. The van der Waals surface area contributed by atoms with Crippen LogP contribution in [0.1, 0.15) is 60.8 Å². The molecule has 1 atom stereocenters. The van der Waals surface area contributed by atoms with Gasteiger partial charge in [-0.1, -0.05) is 27.7 Å². The molecule has 0 radical (unpaired) electrons. The van der Waals surface area contributed by atoms with E-state index in [1.54, 1.807) is 0 Å². The standard InChI is InChI=1S/C17H32N2O4/c1-15(2)7-8-16(3,4)14(15)23-10-17(5,6)19-13(22)11(18)9-12(20)21/h11,14H,7-10,18H2,1-6H3,(H,19,22)(H,20,21)/t11-/m0/s1. The lowest BCUT2D eigenvalue weighted by atomic mass is 9.81. The van der Waals surface area contributed by atoms with Gasteiger partial charge in [0.2, 0.25) is 5.91 Å². The van der Waals surface area contributed by atoms with Crippen molar-refractivity contribution < 1.29 is 19.4 Å². The highest BCUT2D eigenvalue weighted by Crippen LogP contribution is 2.50. The zero-order valence-corrected chi connectivity index (χ0v) is 15.2. The van der Waals surface area contributed by atoms with Gasteiger partial charge in [-0.25, -0.2) is 0 Å². The first-order valence-electron chi connectivity index (χ1n) is 8.18. The Balaban J connectivity index is 2.61. The average Bonchev–Trinajstić information content (AvgIpc) is 2.55. The number of rotatable bonds is 7. The van der Waals surface area contributed by atoms with Gasteiger partial charge >= 0.3 is 5.97 Å². The number of amides is 1. The Morgan fingerprint density at radius 1 is 1.26 bits per heavy atom. The van der Waals surface area contributed by atoms with Crippen molar-refractivity contribution in [1.29, 1.82) is 0 Å². The van der Waals surface area contributed by atoms with Crippen LogP contribution in [-0.4, -0.2) is 41.3 Å². The van der Waals surface area contributed by atoms with Crippen molar-refractivity contribution in [3.8, 4) is 0 Å². The first-order chi connectivity index (χ1) is 10.3. The van der Waals surface area contributed by atoms with Gasteiger partial charge in [0.05, 0.1) is 30.7 Å². The second-order valence-electron chi connectivity index (χ2n) is 8.75. The SMILES string of the molecule is CC(C)(COC1C(C)(C)CCC1(C)C)NC(=O)[C@@H](N)CC(=O)O. The fourth-order valence-electron chi connectivity index (χ4n) is 3.45. The summed E-state index contributed by atoms with van der Waals surface area (Å²) in [5.74, 6) is -1.55. The molecule has 0 aliphatic heterocycles. The Kier molecular flexibility index (Phi) is 5.86. The van der Waals surface area contributed by atoms with Crippen molar-refractivity contribution >= 4 is 11.9 Å². The lowest BCUT2D eigenvalue weighted by Crippen LogP contribution is -2.54. The van der Waals surface area contributed by atoms with Crippen molar-refractivity contribution in [3.63, 3.8) is 0 Å². The number of carbonyl (C=O) groups is 2. The fourth-order valence-corrected chi connectivity index (χ4v) is 3.45. The van der Waals surface area contributed by atoms with Gasteiger partial charge in [0.25, 0.3) is 0 Å². The molecule has 1 rings (SSSR count). The summed E-state index contributed by atoms with van der Waals surface area (Å²) in [7, 11) is 0. The van der Waals surface area contributed by atoms with Crippen LogP contribution in [0.3, 0.4) is 0 Å². The van der Waals surface area contributed by atoms with E-state index < -0.39 is 23.5 Å². The summed E-state index contributed by atoms with van der Waals surface area (Å²) in [6.07, 6.45) is 1.95. The van der Waals surface area contributed by atoms with Crippen LogP contribution in [0.4, 0.5) is 0 Å². The van der Waals surface area contributed by atoms with Gasteiger partial charge < -0.3 is 20.9 Å². The number of carboxylic acids is 1. The molecule has 4 N–H and O–H groups in total. The Morgan fingerprint density at radius 3 is 2.17 bits per heavy atom. The highest BCUT2D eigenvalue weighted by molar-refractivity contribution is 5.86. The molecule has 23 heavy (non-hydrogen) atoms. The summed E-state index contributed by atoms with van der Waals surface area (Å²) in [4.78, 5) is 22.6. The molecule has 1 saturated carbocycles. The van der Waals surface area contributed by atoms with Crippen LogP contribution in [0.15, 0.2) is 0 Å². The Hall–Kier alpha value is -1.14. The molecule has 6 heteroatoms. The summed E-state index contributed by atoms with van der Waals surface area (Å²) in [6, 6.07) is -1.05. The monoisotopic (exact) mass is 328 g/mol. The van der Waals surface area contributed by atoms with Crippen LogP contribution in [0.25, 0.3) is 0 Å². The number of aliphatic carboxylic acids is 1. The maximum Gasteiger partial charge on any atom is 0.305 e. The van der Waals surface area contributed by atoms with Gasteiger partial charge in [-0.2, -0.15) is 0 Å². The fraction of sp³-hybridized carbons (Fsp3) is 0.882. The first-order valence-corrected chi connectivity index (χ1v) is 8.18. The molecule has 6 nitrogen and oxygen atoms in total. The van der Waals surface area contributed by atoms with Gasteiger partial charge in [0.15, 0.2) is 0 Å². The minimum absolute atomic E-state index is 0.100. The van der Waals surface area contributed by atoms with Crippen molar-refractivity contribution in [3.05, 3.63) is 0 Å². The van der Waals surface area contributed by atoms with Crippen LogP contribution in [0.2, 0.25) is 0 Å². The molecule has 0 unspecified atom stereocenters. The van der Waals surface area contributed by atoms with Crippen molar-refractivity contribution in [1.82, 2.24) is 5.32 Å². The third-order valence-corrected chi connectivity index (χ3v) is 4.64. The Bertz CT molecular complexity index is 442. The van der Waals surface area contributed by atoms with Gasteiger partial charge in [0, 0.05) is 0 Å². The summed E-state index contributed by atoms with van der Waals surface area (Å²) in [5.41, 5.74) is 5.19. The van der Waals surface area contributed by atoms with Crippen LogP contribution >= 0.6 is 0 Å². The molecular weight excluding hydrogens is 296 g/mol. The maximum absolute atomic E-state index is 12.0. The number of hydrogen-bond donors (Lipinski definition) is 3. The number of nitrogens with two attached hydrogens (primary N) is 1. The maximum atomic E-state index is 12.0. The molecule has 0 aromatic rings. The van der Waals surface area contributed by atoms with E-state index in [4.69, 9.17) is 15.6 Å². The normalized spacial score (nSPS) is 21.9. The zero-order valence-electron chi connectivity index (χ0n) is 15.2. The van der Waals surface area contributed by atoms with Crippen LogP contribution < -0.4 is 11.1 Å². The second kappa shape index (κ2) is 6.77. The number of carboxylic acid groups (broad SMARTS) is 1. The van der Waals surface area contributed by atoms with Gasteiger partial charge in [-0.3, -0.25) is 9.59 Å². The van der Waals surface area contributed by atoms with Crippen molar-refractivity contribution in [2.75, 3.05) is 6.61 Å². The lowest BCUT2D eigenvalue weighted by Gasteiger charge is -2.38. The summed E-state index contributed by atoms with van der Waals surface area (Å²) in [5, 5.41) is 11.5. The van der Waals surface area contributed by atoms with E-state index in [2.05, 4.69) is 33.0 Å². The predicted molar refractivity (Wildman–Crippen MR) is 89.0 cm³/mol. The number of hydrogen-bond acceptors (Lipinski definition) is 4. The van der Waals surface area contributed by atoms with Crippen molar-refractivity contribution in [2.45, 2.75) is 78.5 Å². The van der Waals surface area contributed by atoms with Crippen LogP contribution in [-0.2, 0) is 14.3 Å². The summed E-state index contributed by atoms with van der Waals surface area (Å²) >= 11 is 0. The van der Waals surface area contributed by atoms with E-state index in [0.717, 1.165) is 12.8 Å². The Morgan fingerprint density at radius 2 is 1.74 bits per heavy atom. The molecular formula is C17H32N2O4. The van der Waals surface area contributed by atoms with Gasteiger partial charge in [-0.15, -0.1) is 0 Å². The highest BCUT2D eigenvalue weighted by atomic mass is 16.5. The minimum Gasteiger partial charge on any atom is -0.481 e. The number of nitrogens with one attached hydrogen (secondary N) is 1. The molecule has 1 fully saturated rings. The number of ether oxygens (including phenoxy) is 1. The van der Waals surface area contributed by atoms with E-state index in [1.165, 1.54) is 0 Å². The third-order valence-electron chi connectivity index (χ3n) is 4.64. The average molecular weight is 328 g/mol. The van der Waals surface area contributed by atoms with Gasteiger partial charge in [-0.05, 0) is 37.5 Å². The number of carbonyl (C=O) groups excluding carboxylic acids is 1. The molecule has 1 amide bonds. The molecule has 134 valence electrons. The van der Waals surface area contributed by atoms with E-state index in [-0.39, 0.29) is 23.4 Å². The lowest BCUT2D eigenvalue weighted by molar-refractivity contribution is -0.140. The molecule has 0 saturated heterocycles. The van der Waals surface area contributed by atoms with E-state index in [0.29, 0.717) is 6.61 Å². The Labute approximate surface area is 139 Å². The highest BCUT2D eigenvalue weighted by Gasteiger charge is 2.48. The second-order valence-corrected chi connectivity index (χ2v) is 8.75. The molecule has 0 aromatic heterocycles. The molecule has 0 heterocycles. The predicted octanol–water partition coefficient (Wildman–Crippen LogP) is 1.91. The van der Waals surface area contributed by atoms with E-state index in [1.807, 2.05) is 13.8 Å². The van der Waals surface area contributed by atoms with Crippen molar-refractivity contribution in [2.24, 2.45) is 16.6 Å². The molecule has 1 aliphatic carbocycles. The minimum atomic E-state index is -1.09. The zero-order chi connectivity index (χ0) is 18.1. The first kappa shape index (κ1) is 19.9. The smallest absolute Gasteiger partial charge is 0.305 e. The molecule has 0 bridgehead atoms. The van der Waals surface area contributed by atoms with Gasteiger partial charge in [0.1, 0.15) is 0 Å². The van der Waals surface area contributed by atoms with E-state index >= 15 is 0 Å². The van der Waals surface area contributed by atoms with Crippen LogP contribution in [0, 0.1) is 10.8 Å². The van der Waals surface area contributed by atoms with Crippen LogP contribution in [0.5, 0.6) is 0 Å². The third kappa shape index (κ3) is 5.46. The topological polar surface area (TPSA) is 102 Å². The summed E-state index contributed by atoms with van der Waals surface area (Å²) in [6.45, 7) is 12.9. The molecule has 0 aromatic carbocycles. The largest absolute Gasteiger partial charge is 0.481 e. The van der Waals surface area contributed by atoms with E-state index in [9.17, 15) is 9.59 Å². The summed E-state index contributed by atoms with van der Waals surface area (Å²) < 4.78 is 6.19. The molecule has 0 spiro atoms. The molecule has 1 aliphatic rings.